The van der Waals surface area contributed by atoms with Gasteiger partial charge in [0, 0.05) is 61.2 Å². The molecule has 32 heavy (non-hydrogen) atoms. The summed E-state index contributed by atoms with van der Waals surface area (Å²) < 4.78 is 7.90. The molecule has 0 radical (unpaired) electrons. The molecule has 1 N–H and O–H groups in total. The van der Waals surface area contributed by atoms with Crippen LogP contribution in [0.4, 0.5) is 11.6 Å². The fraction of sp³-hybridized carbons (Fsp3) is 0.250. The number of nitrogens with one attached hydrogen (secondary N) is 1. The molecule has 8 nitrogen and oxygen atoms in total. The molecule has 162 valence electrons. The van der Waals surface area contributed by atoms with Gasteiger partial charge in [-0.1, -0.05) is 6.07 Å². The van der Waals surface area contributed by atoms with Crippen LogP contribution in [0, 0.1) is 5.92 Å². The Bertz CT molecular complexity index is 1210. The number of carbonyl (C=O) groups is 1. The fourth-order valence-corrected chi connectivity index (χ4v) is 4.05. The molecule has 1 saturated heterocycles. The topological polar surface area (TPSA) is 84.7 Å². The molecule has 0 saturated carbocycles. The van der Waals surface area contributed by atoms with Crippen LogP contribution in [0.2, 0.25) is 0 Å². The van der Waals surface area contributed by atoms with Crippen LogP contribution in [0.5, 0.6) is 0 Å². The second-order valence-electron chi connectivity index (χ2n) is 7.85. The van der Waals surface area contributed by atoms with Gasteiger partial charge in [0.25, 0.3) is 5.91 Å². The summed E-state index contributed by atoms with van der Waals surface area (Å²) in [4.78, 5) is 28.1. The Kier molecular flexibility index (Phi) is 5.76. The summed E-state index contributed by atoms with van der Waals surface area (Å²) in [5, 5.41) is 3.14. The lowest BCUT2D eigenvalue weighted by Gasteiger charge is -2.24. The quantitative estimate of drug-likeness (QED) is 0.526. The van der Waals surface area contributed by atoms with Gasteiger partial charge in [-0.05, 0) is 42.8 Å². The first kappa shape index (κ1) is 20.1. The molecule has 1 aliphatic rings. The van der Waals surface area contributed by atoms with Gasteiger partial charge in [-0.3, -0.25) is 9.78 Å². The maximum absolute atomic E-state index is 13.3. The number of carbonyl (C=O) groups excluding carboxylic acids is 1. The molecule has 0 bridgehead atoms. The van der Waals surface area contributed by atoms with Crippen molar-refractivity contribution in [2.24, 2.45) is 5.92 Å². The lowest BCUT2D eigenvalue weighted by atomic mass is 10.0. The zero-order valence-corrected chi connectivity index (χ0v) is 17.6. The minimum Gasteiger partial charge on any atom is -0.379 e. The number of fused-ring (bicyclic) bond motifs is 1. The summed E-state index contributed by atoms with van der Waals surface area (Å²) in [5.74, 6) is 0.661. The van der Waals surface area contributed by atoms with E-state index in [0.29, 0.717) is 37.8 Å². The normalized spacial score (nSPS) is 16.6. The highest BCUT2D eigenvalue weighted by Gasteiger charge is 2.24. The number of ether oxygens (including phenoxy) is 1. The van der Waals surface area contributed by atoms with Crippen LogP contribution in [0.3, 0.4) is 0 Å². The molecule has 1 unspecified atom stereocenters. The first-order chi connectivity index (χ1) is 15.8. The molecule has 1 aromatic carbocycles. The van der Waals surface area contributed by atoms with Gasteiger partial charge >= 0.3 is 0 Å². The van der Waals surface area contributed by atoms with Crippen LogP contribution in [-0.2, 0) is 11.2 Å². The highest BCUT2D eigenvalue weighted by Crippen LogP contribution is 2.20. The van der Waals surface area contributed by atoms with Crippen LogP contribution in [-0.4, -0.2) is 56.5 Å². The Morgan fingerprint density at radius 1 is 1.06 bits per heavy atom. The Labute approximate surface area is 185 Å². The van der Waals surface area contributed by atoms with Crippen LogP contribution < -0.4 is 5.32 Å². The fourth-order valence-electron chi connectivity index (χ4n) is 4.05. The van der Waals surface area contributed by atoms with E-state index in [1.165, 1.54) is 0 Å². The highest BCUT2D eigenvalue weighted by atomic mass is 16.5. The lowest BCUT2D eigenvalue weighted by molar-refractivity contribution is 0.0737. The number of benzene rings is 1. The van der Waals surface area contributed by atoms with Gasteiger partial charge in [-0.2, -0.15) is 0 Å². The molecule has 1 atom stereocenters. The minimum atomic E-state index is -0.00742. The van der Waals surface area contributed by atoms with E-state index in [2.05, 4.69) is 30.7 Å². The second-order valence-corrected chi connectivity index (χ2v) is 7.85. The maximum Gasteiger partial charge on any atom is 0.254 e. The van der Waals surface area contributed by atoms with Crippen molar-refractivity contribution >= 4 is 23.1 Å². The predicted octanol–water partition coefficient (Wildman–Crippen LogP) is 3.20. The summed E-state index contributed by atoms with van der Waals surface area (Å²) in [6.45, 7) is 2.33. The summed E-state index contributed by atoms with van der Waals surface area (Å²) in [6.07, 6.45) is 9.88. The van der Waals surface area contributed by atoms with E-state index in [4.69, 9.17) is 4.74 Å². The van der Waals surface area contributed by atoms with Crippen LogP contribution in [0.1, 0.15) is 16.1 Å². The largest absolute Gasteiger partial charge is 0.379 e. The average Bonchev–Trinajstić information content (AvgIpc) is 3.19. The summed E-state index contributed by atoms with van der Waals surface area (Å²) in [6, 6.07) is 13.3. The predicted molar refractivity (Wildman–Crippen MR) is 121 cm³/mol. The number of hydrogen-bond donors (Lipinski definition) is 1. The molecule has 4 aromatic rings. The van der Waals surface area contributed by atoms with E-state index in [1.807, 2.05) is 53.8 Å². The van der Waals surface area contributed by atoms with E-state index in [9.17, 15) is 4.79 Å². The second kappa shape index (κ2) is 9.15. The van der Waals surface area contributed by atoms with E-state index in [-0.39, 0.29) is 11.8 Å². The van der Waals surface area contributed by atoms with Gasteiger partial charge in [0.05, 0.1) is 24.4 Å². The van der Waals surface area contributed by atoms with Gasteiger partial charge in [0.2, 0.25) is 5.95 Å². The van der Waals surface area contributed by atoms with E-state index < -0.39 is 0 Å². The third kappa shape index (κ3) is 4.45. The monoisotopic (exact) mass is 428 g/mol. The standard InChI is InChI=1S/C24H24N6O2/c31-23(19-4-1-5-20(15-19)28-24-26-7-3-8-27-24)30-12-13-32-17-18(16-30)14-21-22-6-2-10-29(22)11-9-25-21/h1-11,15,18H,12-14,16-17H2,(H,26,27,28). The maximum atomic E-state index is 13.3. The van der Waals surface area contributed by atoms with Gasteiger partial charge in [0.1, 0.15) is 0 Å². The smallest absolute Gasteiger partial charge is 0.254 e. The summed E-state index contributed by atoms with van der Waals surface area (Å²) >= 11 is 0. The number of anilines is 2. The van der Waals surface area contributed by atoms with Crippen molar-refractivity contribution in [3.8, 4) is 0 Å². The van der Waals surface area contributed by atoms with Gasteiger partial charge < -0.3 is 19.4 Å². The van der Waals surface area contributed by atoms with E-state index in [1.54, 1.807) is 18.5 Å². The average molecular weight is 428 g/mol. The van der Waals surface area contributed by atoms with Gasteiger partial charge in [-0.25, -0.2) is 9.97 Å². The molecular weight excluding hydrogens is 404 g/mol. The SMILES string of the molecule is O=C(c1cccc(Nc2ncccn2)c1)N1CCOCC(Cc2nccn3cccc23)C1. The molecule has 0 spiro atoms. The zero-order chi connectivity index (χ0) is 21.8. The third-order valence-electron chi connectivity index (χ3n) is 5.57. The molecule has 0 aliphatic carbocycles. The molecule has 3 aromatic heterocycles. The van der Waals surface area contributed by atoms with E-state index >= 15 is 0 Å². The molecule has 8 heteroatoms. The molecule has 5 rings (SSSR count). The number of amides is 1. The molecule has 1 aliphatic heterocycles. The lowest BCUT2D eigenvalue weighted by Crippen LogP contribution is -2.36. The van der Waals surface area contributed by atoms with Crippen molar-refractivity contribution in [1.29, 1.82) is 0 Å². The van der Waals surface area contributed by atoms with Gasteiger partial charge in [0.15, 0.2) is 0 Å². The van der Waals surface area contributed by atoms with Gasteiger partial charge in [-0.15, -0.1) is 0 Å². The Morgan fingerprint density at radius 2 is 1.97 bits per heavy atom. The zero-order valence-electron chi connectivity index (χ0n) is 17.6. The first-order valence-corrected chi connectivity index (χ1v) is 10.7. The number of rotatable bonds is 5. The van der Waals surface area contributed by atoms with Crippen molar-refractivity contribution < 1.29 is 9.53 Å². The molecule has 1 amide bonds. The van der Waals surface area contributed by atoms with Crippen LogP contribution in [0.15, 0.2) is 73.4 Å². The molecule has 4 heterocycles. The summed E-state index contributed by atoms with van der Waals surface area (Å²) in [5.41, 5.74) is 3.51. The molecular formula is C24H24N6O2. The highest BCUT2D eigenvalue weighted by molar-refractivity contribution is 5.95. The van der Waals surface area contributed by atoms with Crippen molar-refractivity contribution in [2.75, 3.05) is 31.6 Å². The van der Waals surface area contributed by atoms with Crippen LogP contribution >= 0.6 is 0 Å². The first-order valence-electron chi connectivity index (χ1n) is 10.7. The van der Waals surface area contributed by atoms with Crippen molar-refractivity contribution in [2.45, 2.75) is 6.42 Å². The third-order valence-corrected chi connectivity index (χ3v) is 5.57. The van der Waals surface area contributed by atoms with Crippen molar-refractivity contribution in [3.63, 3.8) is 0 Å². The number of hydrogen-bond acceptors (Lipinski definition) is 6. The van der Waals surface area contributed by atoms with E-state index in [0.717, 1.165) is 23.3 Å². The summed E-state index contributed by atoms with van der Waals surface area (Å²) in [7, 11) is 0. The molecule has 1 fully saturated rings. The Hall–Kier alpha value is -3.78. The van der Waals surface area contributed by atoms with Crippen LogP contribution in [0.25, 0.3) is 5.52 Å². The number of nitrogens with zero attached hydrogens (tertiary/aromatic N) is 5. The minimum absolute atomic E-state index is 0.00742. The van der Waals surface area contributed by atoms with Crippen molar-refractivity contribution in [1.82, 2.24) is 24.3 Å². The Morgan fingerprint density at radius 3 is 2.88 bits per heavy atom. The Balaban J connectivity index is 1.31. The number of aromatic nitrogens is 4. The van der Waals surface area contributed by atoms with Crippen molar-refractivity contribution in [3.05, 3.63) is 84.7 Å².